The number of aliphatic carboxylic acids is 1. The van der Waals surface area contributed by atoms with Crippen LogP contribution in [0.4, 0.5) is 17.6 Å². The molecule has 0 saturated heterocycles. The Hall–Kier alpha value is -2.19. The number of pyridine rings is 1. The third kappa shape index (κ3) is 2.80. The molecule has 104 valence electrons. The molecule has 2 N–H and O–H groups in total. The number of carbonyl (C=O) groups is 2. The number of amides is 1. The second-order valence-electron chi connectivity index (χ2n) is 3.74. The van der Waals surface area contributed by atoms with Crippen LogP contribution in [0.25, 0.3) is 0 Å². The number of nitrogens with zero attached hydrogens (tertiary/aromatic N) is 1. The molecular weight excluding hydrogens is 272 g/mol. The summed E-state index contributed by atoms with van der Waals surface area (Å²) < 4.78 is 51.1. The number of carboxylic acid groups (broad SMARTS) is 1. The Kier molecular flexibility index (Phi) is 3.78. The van der Waals surface area contributed by atoms with Crippen LogP contribution < -0.4 is 5.32 Å². The molecule has 1 aromatic heterocycles. The maximum Gasteiger partial charge on any atom is 0.422 e. The minimum Gasteiger partial charge on any atom is -0.479 e. The van der Waals surface area contributed by atoms with Crippen LogP contribution in [0, 0.1) is 5.82 Å². The minimum absolute atomic E-state index is 0.270. The summed E-state index contributed by atoms with van der Waals surface area (Å²) in [4.78, 5) is 25.5. The van der Waals surface area contributed by atoms with Gasteiger partial charge in [-0.25, -0.2) is 9.18 Å². The summed E-state index contributed by atoms with van der Waals surface area (Å²) in [6, 6.07) is 0.837. The van der Waals surface area contributed by atoms with Gasteiger partial charge in [-0.15, -0.1) is 0 Å². The fraction of sp³-hybridized carbons (Fsp3) is 0.300. The Labute approximate surface area is 104 Å². The van der Waals surface area contributed by atoms with E-state index in [1.165, 1.54) is 5.32 Å². The number of carbonyl (C=O) groups excluding carboxylic acids is 1. The zero-order chi connectivity index (χ0) is 14.8. The van der Waals surface area contributed by atoms with Gasteiger partial charge in [0.15, 0.2) is 5.82 Å². The number of hydrogen-bond acceptors (Lipinski definition) is 3. The van der Waals surface area contributed by atoms with Gasteiger partial charge in [0.05, 0.1) is 11.8 Å². The van der Waals surface area contributed by atoms with E-state index in [0.29, 0.717) is 6.20 Å². The second-order valence-corrected chi connectivity index (χ2v) is 3.74. The average molecular weight is 280 g/mol. The molecule has 0 bridgehead atoms. The predicted molar refractivity (Wildman–Crippen MR) is 53.8 cm³/mol. The largest absolute Gasteiger partial charge is 0.479 e. The zero-order valence-electron chi connectivity index (χ0n) is 9.45. The smallest absolute Gasteiger partial charge is 0.422 e. The Morgan fingerprint density at radius 1 is 1.37 bits per heavy atom. The first-order valence-corrected chi connectivity index (χ1v) is 4.81. The summed E-state index contributed by atoms with van der Waals surface area (Å²) in [6.07, 6.45) is -3.62. The number of nitrogens with one attached hydrogen (secondary N) is 1. The van der Waals surface area contributed by atoms with Gasteiger partial charge in [-0.3, -0.25) is 9.78 Å². The van der Waals surface area contributed by atoms with E-state index in [2.05, 4.69) is 4.98 Å². The molecule has 0 aliphatic heterocycles. The first-order chi connectivity index (χ1) is 8.59. The van der Waals surface area contributed by atoms with E-state index in [1.807, 2.05) is 0 Å². The van der Waals surface area contributed by atoms with Crippen molar-refractivity contribution in [1.82, 2.24) is 10.3 Å². The van der Waals surface area contributed by atoms with Crippen molar-refractivity contribution >= 4 is 11.9 Å². The molecule has 1 aromatic rings. The molecule has 1 heterocycles. The highest BCUT2D eigenvalue weighted by molar-refractivity contribution is 5.98. The van der Waals surface area contributed by atoms with Gasteiger partial charge in [-0.1, -0.05) is 0 Å². The number of rotatable bonds is 3. The first kappa shape index (κ1) is 14.9. The van der Waals surface area contributed by atoms with Crippen LogP contribution >= 0.6 is 0 Å². The molecule has 0 spiro atoms. The van der Waals surface area contributed by atoms with Crippen LogP contribution in [-0.4, -0.2) is 33.7 Å². The molecule has 1 rings (SSSR count). The summed E-state index contributed by atoms with van der Waals surface area (Å²) in [6.45, 7) is 0.270. The predicted octanol–water partition coefficient (Wildman–Crippen LogP) is 1.36. The molecule has 0 fully saturated rings. The van der Waals surface area contributed by atoms with Gasteiger partial charge < -0.3 is 10.4 Å². The van der Waals surface area contributed by atoms with E-state index in [1.54, 1.807) is 0 Å². The zero-order valence-corrected chi connectivity index (χ0v) is 9.45. The van der Waals surface area contributed by atoms with Crippen molar-refractivity contribution in [1.29, 1.82) is 0 Å². The highest BCUT2D eigenvalue weighted by atomic mass is 19.4. The molecule has 0 aliphatic rings. The van der Waals surface area contributed by atoms with Crippen molar-refractivity contribution in [2.45, 2.75) is 18.6 Å². The van der Waals surface area contributed by atoms with Crippen molar-refractivity contribution in [3.8, 4) is 0 Å². The van der Waals surface area contributed by atoms with E-state index >= 15 is 0 Å². The summed E-state index contributed by atoms with van der Waals surface area (Å²) >= 11 is 0. The van der Waals surface area contributed by atoms with Gasteiger partial charge in [-0.2, -0.15) is 13.2 Å². The van der Waals surface area contributed by atoms with Crippen molar-refractivity contribution in [2.24, 2.45) is 0 Å². The van der Waals surface area contributed by atoms with Crippen LogP contribution in [0.15, 0.2) is 18.5 Å². The molecule has 1 atom stereocenters. The van der Waals surface area contributed by atoms with E-state index in [-0.39, 0.29) is 6.92 Å². The number of halogens is 4. The van der Waals surface area contributed by atoms with Crippen LogP contribution in [0.3, 0.4) is 0 Å². The van der Waals surface area contributed by atoms with Crippen molar-refractivity contribution in [2.75, 3.05) is 0 Å². The van der Waals surface area contributed by atoms with E-state index in [0.717, 1.165) is 12.3 Å². The summed E-state index contributed by atoms with van der Waals surface area (Å²) in [7, 11) is 0. The quantitative estimate of drug-likeness (QED) is 0.819. The van der Waals surface area contributed by atoms with Gasteiger partial charge in [-0.05, 0) is 13.0 Å². The topological polar surface area (TPSA) is 79.3 Å². The van der Waals surface area contributed by atoms with Gasteiger partial charge in [0.1, 0.15) is 0 Å². The van der Waals surface area contributed by atoms with Gasteiger partial charge >= 0.3 is 12.1 Å². The number of carboxylic acids is 1. The molecule has 19 heavy (non-hydrogen) atoms. The SMILES string of the molecule is CC(NC(=O)c1ccncc1F)(C(=O)O)C(F)(F)F. The summed E-state index contributed by atoms with van der Waals surface area (Å²) in [5, 5.41) is 9.85. The minimum atomic E-state index is -5.24. The standard InChI is InChI=1S/C10H8F4N2O3/c1-9(8(18)19,10(12,13)14)16-7(17)5-2-3-15-4-6(5)11/h2-4H,1H3,(H,16,17)(H,18,19). The normalized spacial score (nSPS) is 14.6. The lowest BCUT2D eigenvalue weighted by Crippen LogP contribution is -2.62. The van der Waals surface area contributed by atoms with E-state index in [4.69, 9.17) is 5.11 Å². The molecule has 0 aliphatic carbocycles. The van der Waals surface area contributed by atoms with Crippen LogP contribution in [0.2, 0.25) is 0 Å². The molecule has 1 amide bonds. The monoisotopic (exact) mass is 280 g/mol. The van der Waals surface area contributed by atoms with Crippen molar-refractivity contribution < 1.29 is 32.3 Å². The van der Waals surface area contributed by atoms with Gasteiger partial charge in [0.25, 0.3) is 5.91 Å². The molecule has 0 saturated carbocycles. The number of alkyl halides is 3. The van der Waals surface area contributed by atoms with E-state index < -0.39 is 35.0 Å². The third-order valence-electron chi connectivity index (χ3n) is 2.38. The molecular formula is C10H8F4N2O3. The highest BCUT2D eigenvalue weighted by Gasteiger charge is 2.58. The summed E-state index contributed by atoms with van der Waals surface area (Å²) in [5.41, 5.74) is -4.24. The Morgan fingerprint density at radius 3 is 2.37 bits per heavy atom. The lowest BCUT2D eigenvalue weighted by molar-refractivity contribution is -0.203. The van der Waals surface area contributed by atoms with Gasteiger partial charge in [0, 0.05) is 6.20 Å². The number of aromatic nitrogens is 1. The second kappa shape index (κ2) is 4.82. The van der Waals surface area contributed by atoms with Crippen molar-refractivity contribution in [3.63, 3.8) is 0 Å². The maximum atomic E-state index is 13.2. The Balaban J connectivity index is 3.10. The van der Waals surface area contributed by atoms with Gasteiger partial charge in [0.2, 0.25) is 5.54 Å². The lowest BCUT2D eigenvalue weighted by atomic mass is 10.0. The number of hydrogen-bond donors (Lipinski definition) is 2. The van der Waals surface area contributed by atoms with E-state index in [9.17, 15) is 27.2 Å². The average Bonchev–Trinajstić information content (AvgIpc) is 2.27. The third-order valence-corrected chi connectivity index (χ3v) is 2.38. The maximum absolute atomic E-state index is 13.2. The molecule has 1 unspecified atom stereocenters. The first-order valence-electron chi connectivity index (χ1n) is 4.81. The van der Waals surface area contributed by atoms with Crippen LogP contribution in [0.1, 0.15) is 17.3 Å². The molecule has 0 aromatic carbocycles. The Bertz CT molecular complexity index is 518. The van der Waals surface area contributed by atoms with Crippen LogP contribution in [-0.2, 0) is 4.79 Å². The fourth-order valence-electron chi connectivity index (χ4n) is 1.10. The van der Waals surface area contributed by atoms with Crippen LogP contribution in [0.5, 0.6) is 0 Å². The van der Waals surface area contributed by atoms with Crippen molar-refractivity contribution in [3.05, 3.63) is 29.8 Å². The molecule has 0 radical (unpaired) electrons. The molecule has 5 nitrogen and oxygen atoms in total. The summed E-state index contributed by atoms with van der Waals surface area (Å²) in [5.74, 6) is -4.96. The molecule has 9 heteroatoms. The fourth-order valence-corrected chi connectivity index (χ4v) is 1.10. The Morgan fingerprint density at radius 2 is 1.95 bits per heavy atom. The lowest BCUT2D eigenvalue weighted by Gasteiger charge is -2.28. The highest BCUT2D eigenvalue weighted by Crippen LogP contribution is 2.30.